The lowest BCUT2D eigenvalue weighted by atomic mass is 9.59. The van der Waals surface area contributed by atoms with Crippen molar-refractivity contribution in [1.29, 1.82) is 0 Å². The van der Waals surface area contributed by atoms with Gasteiger partial charge in [0.15, 0.2) is 0 Å². The molecule has 204 valence electrons. The van der Waals surface area contributed by atoms with Crippen LogP contribution in [0.4, 0.5) is 0 Å². The van der Waals surface area contributed by atoms with Gasteiger partial charge in [-0.2, -0.15) is 0 Å². The molecule has 6 heteroatoms. The van der Waals surface area contributed by atoms with Crippen LogP contribution in [0.15, 0.2) is 11.6 Å². The normalized spacial score (nSPS) is 43.3. The SMILES string of the molecule is CCCCCCCC(=O)O[C@H]1C/C=C(/C)CC2O[C@@H]3[C@@H]4[C@H](C[C@H](C)[C@H](OC(C)=O)[C@H]24)[C@H](C)CO[C@]13C. The Labute approximate surface area is 217 Å². The second-order valence-electron chi connectivity index (χ2n) is 12.3. The minimum Gasteiger partial charge on any atom is -0.462 e. The molecule has 2 bridgehead atoms. The summed E-state index contributed by atoms with van der Waals surface area (Å²) < 4.78 is 25.9. The predicted octanol–water partition coefficient (Wildman–Crippen LogP) is 6.01. The Bertz CT molecular complexity index is 822. The van der Waals surface area contributed by atoms with Gasteiger partial charge in [0.05, 0.1) is 18.8 Å². The molecule has 0 aromatic heterocycles. The molecule has 3 heterocycles. The second kappa shape index (κ2) is 11.6. The third-order valence-electron chi connectivity index (χ3n) is 9.48. The first kappa shape index (κ1) is 27.6. The zero-order chi connectivity index (χ0) is 26.0. The van der Waals surface area contributed by atoms with E-state index in [1.807, 2.05) is 0 Å². The minimum absolute atomic E-state index is 0.0351. The maximum atomic E-state index is 13.0. The molecule has 10 atom stereocenters. The molecular weight excluding hydrogens is 456 g/mol. The van der Waals surface area contributed by atoms with E-state index < -0.39 is 11.7 Å². The van der Waals surface area contributed by atoms with Gasteiger partial charge in [-0.15, -0.1) is 0 Å². The maximum absolute atomic E-state index is 13.0. The molecule has 0 aromatic rings. The molecule has 0 spiro atoms. The molecule has 1 saturated carbocycles. The number of ether oxygens (including phenoxy) is 4. The number of rotatable bonds is 8. The smallest absolute Gasteiger partial charge is 0.306 e. The van der Waals surface area contributed by atoms with Crippen molar-refractivity contribution in [2.45, 2.75) is 129 Å². The first-order valence-corrected chi connectivity index (χ1v) is 14.5. The van der Waals surface area contributed by atoms with Crippen molar-refractivity contribution >= 4 is 11.9 Å². The standard InChI is InChI=1S/C30H48O6/c1-7-8-9-10-11-12-25(32)36-24-14-13-18(2)15-23-27-26-22(16-19(3)28(27)34-21(5)31)20(4)17-33-30(24,6)29(26)35-23/h13,19-20,22-24,26-29H,7-12,14-17H2,1-6H3/b18-13-/t19-,20+,22+,23?,24-,26+,27+,28-,29+,30+/m0/s1. The fourth-order valence-electron chi connectivity index (χ4n) is 7.55. The first-order chi connectivity index (χ1) is 17.2. The number of carbonyl (C=O) groups is 2. The number of unbranched alkanes of at least 4 members (excludes halogenated alkanes) is 4. The fraction of sp³-hybridized carbons (Fsp3) is 0.867. The quantitative estimate of drug-likeness (QED) is 0.229. The summed E-state index contributed by atoms with van der Waals surface area (Å²) in [5, 5.41) is 0. The number of hydrogen-bond donors (Lipinski definition) is 0. The lowest BCUT2D eigenvalue weighted by Crippen LogP contribution is -2.57. The Hall–Kier alpha value is -1.40. The van der Waals surface area contributed by atoms with Gasteiger partial charge in [-0.3, -0.25) is 9.59 Å². The van der Waals surface area contributed by atoms with Crippen molar-refractivity contribution < 1.29 is 28.5 Å². The van der Waals surface area contributed by atoms with Crippen LogP contribution in [0.2, 0.25) is 0 Å². The van der Waals surface area contributed by atoms with Crippen LogP contribution < -0.4 is 0 Å². The van der Waals surface area contributed by atoms with Crippen LogP contribution >= 0.6 is 0 Å². The van der Waals surface area contributed by atoms with Crippen LogP contribution in [0, 0.1) is 29.6 Å². The van der Waals surface area contributed by atoms with Crippen LogP contribution in [-0.4, -0.2) is 48.6 Å². The Kier molecular flexibility index (Phi) is 8.87. The summed E-state index contributed by atoms with van der Waals surface area (Å²) in [7, 11) is 0. The summed E-state index contributed by atoms with van der Waals surface area (Å²) >= 11 is 0. The molecule has 36 heavy (non-hydrogen) atoms. The van der Waals surface area contributed by atoms with Gasteiger partial charge in [0.2, 0.25) is 0 Å². The molecule has 0 aromatic carbocycles. The van der Waals surface area contributed by atoms with Gasteiger partial charge < -0.3 is 18.9 Å². The van der Waals surface area contributed by atoms with E-state index in [2.05, 4.69) is 40.7 Å². The Morgan fingerprint density at radius 3 is 2.56 bits per heavy atom. The van der Waals surface area contributed by atoms with E-state index in [9.17, 15) is 9.59 Å². The summed E-state index contributed by atoms with van der Waals surface area (Å²) in [5.74, 6) is 1.01. The summed E-state index contributed by atoms with van der Waals surface area (Å²) in [6.45, 7) is 13.0. The third kappa shape index (κ3) is 5.55. The highest BCUT2D eigenvalue weighted by atomic mass is 16.6. The lowest BCUT2D eigenvalue weighted by Gasteiger charge is -2.47. The van der Waals surface area contributed by atoms with Crippen molar-refractivity contribution in [3.05, 3.63) is 11.6 Å². The van der Waals surface area contributed by atoms with Crippen LogP contribution in [0.3, 0.4) is 0 Å². The molecule has 1 aliphatic carbocycles. The minimum atomic E-state index is -0.749. The maximum Gasteiger partial charge on any atom is 0.306 e. The van der Waals surface area contributed by atoms with E-state index in [0.29, 0.717) is 31.3 Å². The Morgan fingerprint density at radius 2 is 1.83 bits per heavy atom. The molecule has 3 aliphatic heterocycles. The molecule has 0 N–H and O–H groups in total. The molecule has 4 rings (SSSR count). The van der Waals surface area contributed by atoms with Crippen molar-refractivity contribution in [1.82, 2.24) is 0 Å². The zero-order valence-electron chi connectivity index (χ0n) is 23.3. The predicted molar refractivity (Wildman–Crippen MR) is 138 cm³/mol. The van der Waals surface area contributed by atoms with Gasteiger partial charge in [0, 0.05) is 31.6 Å². The monoisotopic (exact) mass is 504 g/mol. The van der Waals surface area contributed by atoms with Crippen molar-refractivity contribution in [3.8, 4) is 0 Å². The fourth-order valence-corrected chi connectivity index (χ4v) is 7.55. The molecule has 4 aliphatic rings. The van der Waals surface area contributed by atoms with Crippen molar-refractivity contribution in [3.63, 3.8) is 0 Å². The average molecular weight is 505 g/mol. The number of hydrogen-bond acceptors (Lipinski definition) is 6. The van der Waals surface area contributed by atoms with Crippen LogP contribution in [-0.2, 0) is 28.5 Å². The van der Waals surface area contributed by atoms with Gasteiger partial charge in [-0.1, -0.05) is 58.1 Å². The summed E-state index contributed by atoms with van der Waals surface area (Å²) in [5.41, 5.74) is 0.481. The number of esters is 2. The zero-order valence-corrected chi connectivity index (χ0v) is 23.3. The van der Waals surface area contributed by atoms with Crippen LogP contribution in [0.25, 0.3) is 0 Å². The summed E-state index contributed by atoms with van der Waals surface area (Å²) in [6.07, 6.45) is 9.77. The van der Waals surface area contributed by atoms with Crippen LogP contribution in [0.1, 0.15) is 99.3 Å². The molecule has 0 radical (unpaired) electrons. The molecular formula is C30H48O6. The topological polar surface area (TPSA) is 71.1 Å². The van der Waals surface area contributed by atoms with E-state index >= 15 is 0 Å². The van der Waals surface area contributed by atoms with Crippen LogP contribution in [0.5, 0.6) is 0 Å². The second-order valence-corrected chi connectivity index (χ2v) is 12.3. The summed E-state index contributed by atoms with van der Waals surface area (Å²) in [6, 6.07) is 0. The highest BCUT2D eigenvalue weighted by molar-refractivity contribution is 5.69. The average Bonchev–Trinajstić information content (AvgIpc) is 3.17. The highest BCUT2D eigenvalue weighted by Crippen LogP contribution is 2.57. The summed E-state index contributed by atoms with van der Waals surface area (Å²) in [4.78, 5) is 25.1. The third-order valence-corrected chi connectivity index (χ3v) is 9.48. The van der Waals surface area contributed by atoms with Crippen molar-refractivity contribution in [2.75, 3.05) is 6.61 Å². The largest absolute Gasteiger partial charge is 0.462 e. The lowest BCUT2D eigenvalue weighted by molar-refractivity contribution is -0.202. The molecule has 6 nitrogen and oxygen atoms in total. The molecule has 2 saturated heterocycles. The van der Waals surface area contributed by atoms with Gasteiger partial charge in [0.25, 0.3) is 0 Å². The molecule has 0 amide bonds. The Morgan fingerprint density at radius 1 is 1.08 bits per heavy atom. The van der Waals surface area contributed by atoms with E-state index in [-0.39, 0.29) is 48.0 Å². The van der Waals surface area contributed by atoms with E-state index in [4.69, 9.17) is 18.9 Å². The van der Waals surface area contributed by atoms with Gasteiger partial charge in [-0.05, 0) is 50.9 Å². The first-order valence-electron chi connectivity index (χ1n) is 14.5. The van der Waals surface area contributed by atoms with E-state index in [1.54, 1.807) is 0 Å². The van der Waals surface area contributed by atoms with E-state index in [1.165, 1.54) is 25.3 Å². The van der Waals surface area contributed by atoms with E-state index in [0.717, 1.165) is 32.1 Å². The highest BCUT2D eigenvalue weighted by Gasteiger charge is 2.65. The number of fused-ring (bicyclic) bond motifs is 2. The molecule has 3 fully saturated rings. The van der Waals surface area contributed by atoms with Crippen molar-refractivity contribution in [2.24, 2.45) is 29.6 Å². The Balaban J connectivity index is 1.63. The van der Waals surface area contributed by atoms with Gasteiger partial charge in [-0.25, -0.2) is 0 Å². The molecule has 1 unspecified atom stereocenters. The van der Waals surface area contributed by atoms with Gasteiger partial charge >= 0.3 is 11.9 Å². The number of carbonyl (C=O) groups excluding carboxylic acids is 2. The van der Waals surface area contributed by atoms with Gasteiger partial charge in [0.1, 0.15) is 17.8 Å².